The van der Waals surface area contributed by atoms with E-state index in [4.69, 9.17) is 17.3 Å². The fourth-order valence-electron chi connectivity index (χ4n) is 3.06. The quantitative estimate of drug-likeness (QED) is 0.874. The third-order valence-corrected chi connectivity index (χ3v) is 4.51. The molecular formula is C17H26Cl2N2O. The lowest BCUT2D eigenvalue weighted by Crippen LogP contribution is -2.49. The molecular weight excluding hydrogens is 319 g/mol. The van der Waals surface area contributed by atoms with E-state index < -0.39 is 0 Å². The highest BCUT2D eigenvalue weighted by molar-refractivity contribution is 6.31. The van der Waals surface area contributed by atoms with E-state index in [1.165, 1.54) is 0 Å². The van der Waals surface area contributed by atoms with Crippen molar-refractivity contribution in [1.29, 1.82) is 0 Å². The van der Waals surface area contributed by atoms with E-state index in [0.29, 0.717) is 0 Å². The minimum atomic E-state index is -0.316. The third kappa shape index (κ3) is 5.45. The molecule has 1 aromatic carbocycles. The molecule has 0 spiro atoms. The van der Waals surface area contributed by atoms with Crippen molar-refractivity contribution in [3.63, 3.8) is 0 Å². The number of amides is 1. The van der Waals surface area contributed by atoms with E-state index in [1.807, 2.05) is 38.1 Å². The zero-order chi connectivity index (χ0) is 15.5. The standard InChI is InChI=1S/C17H25ClN2O.ClH/c1-17(2,11-13-6-3-4-9-15(13)18)20-16(21)12-7-5-8-14(19)10-12;/h3-4,6,9,12,14H,5,7-8,10-11,19H2,1-2H3,(H,20,21);1H. The van der Waals surface area contributed by atoms with Gasteiger partial charge in [-0.2, -0.15) is 0 Å². The molecule has 1 fully saturated rings. The molecule has 1 aliphatic rings. The number of nitrogens with two attached hydrogens (primary N) is 1. The molecule has 0 radical (unpaired) electrons. The number of hydrogen-bond acceptors (Lipinski definition) is 2. The second-order valence-electron chi connectivity index (χ2n) is 6.76. The first-order valence-electron chi connectivity index (χ1n) is 7.68. The highest BCUT2D eigenvalue weighted by Crippen LogP contribution is 2.25. The van der Waals surface area contributed by atoms with Crippen molar-refractivity contribution < 1.29 is 4.79 Å². The van der Waals surface area contributed by atoms with Crippen LogP contribution in [-0.4, -0.2) is 17.5 Å². The highest BCUT2D eigenvalue weighted by Gasteiger charge is 2.29. The number of carbonyl (C=O) groups excluding carboxylic acids is 1. The monoisotopic (exact) mass is 344 g/mol. The maximum absolute atomic E-state index is 12.4. The molecule has 1 aromatic rings. The number of rotatable bonds is 4. The Kier molecular flexibility index (Phi) is 7.17. The Morgan fingerprint density at radius 2 is 2.05 bits per heavy atom. The Morgan fingerprint density at radius 1 is 1.36 bits per heavy atom. The van der Waals surface area contributed by atoms with Crippen LogP contribution in [-0.2, 0) is 11.2 Å². The van der Waals surface area contributed by atoms with Crippen molar-refractivity contribution in [1.82, 2.24) is 5.32 Å². The molecule has 1 amide bonds. The van der Waals surface area contributed by atoms with Crippen molar-refractivity contribution in [2.24, 2.45) is 11.7 Å². The molecule has 1 aliphatic carbocycles. The Morgan fingerprint density at radius 3 is 2.68 bits per heavy atom. The van der Waals surface area contributed by atoms with Gasteiger partial charge in [-0.15, -0.1) is 12.4 Å². The van der Waals surface area contributed by atoms with E-state index in [-0.39, 0.29) is 35.8 Å². The number of nitrogens with one attached hydrogen (secondary N) is 1. The van der Waals surface area contributed by atoms with Crippen LogP contribution < -0.4 is 11.1 Å². The predicted molar refractivity (Wildman–Crippen MR) is 94.6 cm³/mol. The van der Waals surface area contributed by atoms with Crippen molar-refractivity contribution >= 4 is 29.9 Å². The Balaban J connectivity index is 0.00000242. The summed E-state index contributed by atoms with van der Waals surface area (Å²) in [4.78, 5) is 12.4. The lowest BCUT2D eigenvalue weighted by molar-refractivity contribution is -0.127. The molecule has 3 N–H and O–H groups in total. The van der Waals surface area contributed by atoms with Gasteiger partial charge < -0.3 is 11.1 Å². The van der Waals surface area contributed by atoms with Gasteiger partial charge in [0.25, 0.3) is 0 Å². The molecule has 0 saturated heterocycles. The Bertz CT molecular complexity index is 505. The smallest absolute Gasteiger partial charge is 0.223 e. The van der Waals surface area contributed by atoms with Crippen molar-refractivity contribution in [3.8, 4) is 0 Å². The molecule has 2 atom stereocenters. The van der Waals surface area contributed by atoms with Gasteiger partial charge in [0, 0.05) is 22.5 Å². The minimum absolute atomic E-state index is 0. The van der Waals surface area contributed by atoms with Gasteiger partial charge in [-0.25, -0.2) is 0 Å². The van der Waals surface area contributed by atoms with Crippen LogP contribution in [0.2, 0.25) is 5.02 Å². The summed E-state index contributed by atoms with van der Waals surface area (Å²) in [5, 5.41) is 3.92. The number of halogens is 2. The van der Waals surface area contributed by atoms with E-state index in [1.54, 1.807) is 0 Å². The van der Waals surface area contributed by atoms with Crippen molar-refractivity contribution in [3.05, 3.63) is 34.9 Å². The van der Waals surface area contributed by atoms with Crippen LogP contribution >= 0.6 is 24.0 Å². The highest BCUT2D eigenvalue weighted by atomic mass is 35.5. The van der Waals surface area contributed by atoms with Crippen LogP contribution in [0.1, 0.15) is 45.1 Å². The van der Waals surface area contributed by atoms with Crippen LogP contribution in [0.15, 0.2) is 24.3 Å². The summed E-state index contributed by atoms with van der Waals surface area (Å²) in [5.74, 6) is 0.182. The van der Waals surface area contributed by atoms with E-state index in [0.717, 1.165) is 42.7 Å². The summed E-state index contributed by atoms with van der Waals surface area (Å²) in [6, 6.07) is 7.95. The average Bonchev–Trinajstić information content (AvgIpc) is 2.40. The lowest BCUT2D eigenvalue weighted by Gasteiger charge is -2.32. The maximum atomic E-state index is 12.4. The van der Waals surface area contributed by atoms with Crippen LogP contribution in [0.25, 0.3) is 0 Å². The topological polar surface area (TPSA) is 55.1 Å². The van der Waals surface area contributed by atoms with Gasteiger partial charge in [0.05, 0.1) is 0 Å². The predicted octanol–water partition coefficient (Wildman–Crippen LogP) is 3.72. The fraction of sp³-hybridized carbons (Fsp3) is 0.588. The molecule has 1 saturated carbocycles. The Labute approximate surface area is 144 Å². The second kappa shape index (κ2) is 8.19. The molecule has 0 aliphatic heterocycles. The molecule has 0 aromatic heterocycles. The van der Waals surface area contributed by atoms with E-state index >= 15 is 0 Å². The molecule has 22 heavy (non-hydrogen) atoms. The summed E-state index contributed by atoms with van der Waals surface area (Å²) < 4.78 is 0. The average molecular weight is 345 g/mol. The summed E-state index contributed by atoms with van der Waals surface area (Å²) in [6.45, 7) is 4.08. The first-order valence-corrected chi connectivity index (χ1v) is 8.06. The number of hydrogen-bond donors (Lipinski definition) is 2. The summed E-state index contributed by atoms with van der Waals surface area (Å²) in [7, 11) is 0. The summed E-state index contributed by atoms with van der Waals surface area (Å²) in [6.07, 6.45) is 4.55. The van der Waals surface area contributed by atoms with Crippen LogP contribution in [0, 0.1) is 5.92 Å². The first kappa shape index (κ1) is 19.3. The molecule has 124 valence electrons. The van der Waals surface area contributed by atoms with Gasteiger partial charge in [0.2, 0.25) is 5.91 Å². The van der Waals surface area contributed by atoms with Gasteiger partial charge in [0.15, 0.2) is 0 Å². The van der Waals surface area contributed by atoms with Gasteiger partial charge in [-0.1, -0.05) is 36.2 Å². The van der Waals surface area contributed by atoms with Crippen LogP contribution in [0.5, 0.6) is 0 Å². The Hall–Kier alpha value is -0.770. The lowest BCUT2D eigenvalue weighted by atomic mass is 9.84. The van der Waals surface area contributed by atoms with Gasteiger partial charge in [-0.05, 0) is 51.2 Å². The number of carbonyl (C=O) groups is 1. The second-order valence-corrected chi connectivity index (χ2v) is 7.17. The van der Waals surface area contributed by atoms with E-state index in [2.05, 4.69) is 5.32 Å². The summed E-state index contributed by atoms with van der Waals surface area (Å²) >= 11 is 6.21. The largest absolute Gasteiger partial charge is 0.351 e. The molecule has 2 unspecified atom stereocenters. The fourth-order valence-corrected chi connectivity index (χ4v) is 3.27. The maximum Gasteiger partial charge on any atom is 0.223 e. The van der Waals surface area contributed by atoms with Crippen LogP contribution in [0.4, 0.5) is 0 Å². The zero-order valence-electron chi connectivity index (χ0n) is 13.3. The molecule has 5 heteroatoms. The zero-order valence-corrected chi connectivity index (χ0v) is 14.8. The molecule has 2 rings (SSSR count). The van der Waals surface area contributed by atoms with Crippen LogP contribution in [0.3, 0.4) is 0 Å². The molecule has 3 nitrogen and oxygen atoms in total. The van der Waals surface area contributed by atoms with Gasteiger partial charge in [0.1, 0.15) is 0 Å². The van der Waals surface area contributed by atoms with Crippen molar-refractivity contribution in [2.45, 2.75) is 57.5 Å². The molecule has 0 bridgehead atoms. The first-order chi connectivity index (χ1) is 9.87. The van der Waals surface area contributed by atoms with Gasteiger partial charge in [-0.3, -0.25) is 4.79 Å². The minimum Gasteiger partial charge on any atom is -0.351 e. The SMILES string of the molecule is CC(C)(Cc1ccccc1Cl)NC(=O)C1CCCC(N)C1.Cl. The van der Waals surface area contributed by atoms with E-state index in [9.17, 15) is 4.79 Å². The summed E-state index contributed by atoms with van der Waals surface area (Å²) in [5.41, 5.74) is 6.72. The normalized spacial score (nSPS) is 21.8. The number of benzene rings is 1. The van der Waals surface area contributed by atoms with Gasteiger partial charge >= 0.3 is 0 Å². The third-order valence-electron chi connectivity index (χ3n) is 4.14. The van der Waals surface area contributed by atoms with Crippen molar-refractivity contribution in [2.75, 3.05) is 0 Å². The molecule has 0 heterocycles.